The number of anilines is 1. The van der Waals surface area contributed by atoms with Gasteiger partial charge in [0.05, 0.1) is 14.2 Å². The third-order valence-corrected chi connectivity index (χ3v) is 6.11. The number of aromatic nitrogens is 1. The van der Waals surface area contributed by atoms with Gasteiger partial charge in [0.25, 0.3) is 5.91 Å². The van der Waals surface area contributed by atoms with Crippen molar-refractivity contribution >= 4 is 43.6 Å². The van der Waals surface area contributed by atoms with Crippen LogP contribution in [0.15, 0.2) is 51.7 Å². The van der Waals surface area contributed by atoms with Crippen LogP contribution in [0.1, 0.15) is 10.4 Å². The molecule has 0 aliphatic carbocycles. The zero-order valence-electron chi connectivity index (χ0n) is 18.2. The molecule has 0 N–H and O–H groups in total. The summed E-state index contributed by atoms with van der Waals surface area (Å²) in [5.41, 5.74) is 0.309. The molecule has 0 aliphatic heterocycles. The predicted octanol–water partition coefficient (Wildman–Crippen LogP) is 3.63. The Bertz CT molecular complexity index is 1300. The number of nitrogens with zero attached hydrogens (tertiary/aromatic N) is 3. The Morgan fingerprint density at radius 2 is 1.78 bits per heavy atom. The number of hydrogen-bond donors (Lipinski definition) is 0. The van der Waals surface area contributed by atoms with Gasteiger partial charge in [0.2, 0.25) is 0 Å². The highest BCUT2D eigenvalue weighted by atomic mass is 32.1. The molecule has 2 heterocycles. The minimum absolute atomic E-state index is 0.0411. The zero-order valence-corrected chi connectivity index (χ0v) is 19.1. The van der Waals surface area contributed by atoms with Gasteiger partial charge in [-0.3, -0.25) is 9.69 Å². The van der Waals surface area contributed by atoms with Gasteiger partial charge in [-0.15, -0.1) is 0 Å². The Balaban J connectivity index is 1.84. The number of likely N-dealkylation sites (N-methyl/N-ethyl adjacent to an activating group) is 1. The molecule has 2 aromatic carbocycles. The number of fused-ring (bicyclic) bond motifs is 2. The van der Waals surface area contributed by atoms with E-state index in [-0.39, 0.29) is 5.56 Å². The first-order valence-electron chi connectivity index (χ1n) is 9.94. The number of carbonyl (C=O) groups excluding carboxylic acids is 1. The maximum absolute atomic E-state index is 13.6. The third-order valence-electron chi connectivity index (χ3n) is 5.02. The molecule has 0 fully saturated rings. The fourth-order valence-corrected chi connectivity index (χ4v) is 4.43. The predicted molar refractivity (Wildman–Crippen MR) is 125 cm³/mol. The molecule has 1 amide bonds. The summed E-state index contributed by atoms with van der Waals surface area (Å²) in [5, 5.41) is 1.12. The molecule has 0 bridgehead atoms. The maximum atomic E-state index is 13.6. The third kappa shape index (κ3) is 4.04. The lowest BCUT2D eigenvalue weighted by Gasteiger charge is -2.21. The molecule has 32 heavy (non-hydrogen) atoms. The summed E-state index contributed by atoms with van der Waals surface area (Å²) in [6, 6.07) is 12.2. The summed E-state index contributed by atoms with van der Waals surface area (Å²) in [5.74, 6) is 0.742. The molecule has 8 nitrogen and oxygen atoms in total. The summed E-state index contributed by atoms with van der Waals surface area (Å²) in [6.07, 6.45) is 0. The lowest BCUT2D eigenvalue weighted by molar-refractivity contribution is 0.0982. The van der Waals surface area contributed by atoms with E-state index in [1.165, 1.54) is 16.2 Å². The number of benzene rings is 2. The van der Waals surface area contributed by atoms with E-state index >= 15 is 0 Å². The quantitative estimate of drug-likeness (QED) is 0.395. The van der Waals surface area contributed by atoms with E-state index in [1.807, 2.05) is 25.1 Å². The van der Waals surface area contributed by atoms with Crippen LogP contribution in [-0.4, -0.2) is 57.2 Å². The van der Waals surface area contributed by atoms with Crippen LogP contribution in [0.2, 0.25) is 0 Å². The number of amides is 1. The molecule has 0 spiro atoms. The molecular formula is C23H23N3O5S. The minimum Gasteiger partial charge on any atom is -0.495 e. The normalized spacial score (nSPS) is 11.3. The van der Waals surface area contributed by atoms with Gasteiger partial charge in [-0.1, -0.05) is 29.5 Å². The van der Waals surface area contributed by atoms with Crippen molar-refractivity contribution in [3.63, 3.8) is 0 Å². The Morgan fingerprint density at radius 3 is 2.50 bits per heavy atom. The van der Waals surface area contributed by atoms with E-state index < -0.39 is 11.5 Å². The maximum Gasteiger partial charge on any atom is 0.349 e. The molecule has 4 rings (SSSR count). The van der Waals surface area contributed by atoms with Crippen LogP contribution in [0.3, 0.4) is 0 Å². The highest BCUT2D eigenvalue weighted by Gasteiger charge is 2.26. The minimum atomic E-state index is -0.681. The molecule has 166 valence electrons. The van der Waals surface area contributed by atoms with Gasteiger partial charge in [-0.2, -0.15) is 0 Å². The molecule has 0 aliphatic rings. The van der Waals surface area contributed by atoms with Crippen molar-refractivity contribution < 1.29 is 18.7 Å². The fourth-order valence-electron chi connectivity index (χ4n) is 3.33. The van der Waals surface area contributed by atoms with Gasteiger partial charge in [0.1, 0.15) is 32.9 Å². The second kappa shape index (κ2) is 8.97. The Morgan fingerprint density at radius 1 is 1.06 bits per heavy atom. The average Bonchev–Trinajstić information content (AvgIpc) is 3.22. The summed E-state index contributed by atoms with van der Waals surface area (Å²) in [6.45, 7) is 0.914. The van der Waals surface area contributed by atoms with Gasteiger partial charge < -0.3 is 18.8 Å². The van der Waals surface area contributed by atoms with Crippen molar-refractivity contribution in [3.8, 4) is 11.5 Å². The first-order chi connectivity index (χ1) is 15.4. The number of thiazole rings is 1. The van der Waals surface area contributed by atoms with Crippen LogP contribution in [-0.2, 0) is 0 Å². The van der Waals surface area contributed by atoms with Crippen LogP contribution in [0, 0.1) is 0 Å². The summed E-state index contributed by atoms with van der Waals surface area (Å²) in [4.78, 5) is 34.3. The SMILES string of the molecule is COc1ccc(OC)c2sc(N(CCN(C)C)C(=O)c3cc4ccccc4oc3=O)nc12. The topological polar surface area (TPSA) is 85.1 Å². The summed E-state index contributed by atoms with van der Waals surface area (Å²) in [7, 11) is 6.97. The van der Waals surface area contributed by atoms with E-state index in [1.54, 1.807) is 50.6 Å². The van der Waals surface area contributed by atoms with Crippen LogP contribution in [0.4, 0.5) is 5.13 Å². The van der Waals surface area contributed by atoms with E-state index in [4.69, 9.17) is 13.9 Å². The van der Waals surface area contributed by atoms with Crippen molar-refractivity contribution in [2.24, 2.45) is 0 Å². The van der Waals surface area contributed by atoms with Gasteiger partial charge >= 0.3 is 5.63 Å². The second-order valence-electron chi connectivity index (χ2n) is 7.39. The highest BCUT2D eigenvalue weighted by Crippen LogP contribution is 2.40. The number of hydrogen-bond acceptors (Lipinski definition) is 8. The standard InChI is InChI=1S/C23H23N3O5S/c1-25(2)11-12-26(21(27)15-13-14-7-5-6-8-16(14)31-22(15)28)23-24-19-17(29-3)9-10-18(30-4)20(19)32-23/h5-10,13H,11-12H2,1-4H3. The molecule has 0 atom stereocenters. The van der Waals surface area contributed by atoms with Gasteiger partial charge in [0.15, 0.2) is 5.13 Å². The Labute approximate surface area is 188 Å². The molecule has 0 radical (unpaired) electrons. The zero-order chi connectivity index (χ0) is 22.8. The molecule has 9 heteroatoms. The molecular weight excluding hydrogens is 430 g/mol. The average molecular weight is 454 g/mol. The lowest BCUT2D eigenvalue weighted by atomic mass is 10.1. The summed E-state index contributed by atoms with van der Waals surface area (Å²) < 4.78 is 17.1. The lowest BCUT2D eigenvalue weighted by Crippen LogP contribution is -2.38. The van der Waals surface area contributed by atoms with E-state index in [9.17, 15) is 9.59 Å². The monoisotopic (exact) mass is 453 g/mol. The van der Waals surface area contributed by atoms with Crippen molar-refractivity contribution in [1.29, 1.82) is 0 Å². The smallest absolute Gasteiger partial charge is 0.349 e. The van der Waals surface area contributed by atoms with Crippen LogP contribution < -0.4 is 20.0 Å². The van der Waals surface area contributed by atoms with Crippen LogP contribution in [0.5, 0.6) is 11.5 Å². The van der Waals surface area contributed by atoms with E-state index in [0.29, 0.717) is 46.2 Å². The second-order valence-corrected chi connectivity index (χ2v) is 8.37. The molecule has 0 unspecified atom stereocenters. The molecule has 0 saturated carbocycles. The van der Waals surface area contributed by atoms with E-state index in [0.717, 1.165) is 4.70 Å². The number of carbonyl (C=O) groups is 1. The molecule has 0 saturated heterocycles. The van der Waals surface area contributed by atoms with Crippen molar-refractivity contribution in [1.82, 2.24) is 9.88 Å². The number of methoxy groups -OCH3 is 2. The summed E-state index contributed by atoms with van der Waals surface area (Å²) >= 11 is 1.31. The van der Waals surface area contributed by atoms with Crippen LogP contribution in [0.25, 0.3) is 21.2 Å². The number of para-hydroxylation sites is 1. The number of ether oxygens (including phenoxy) is 2. The van der Waals surface area contributed by atoms with E-state index in [2.05, 4.69) is 4.98 Å². The fraction of sp³-hybridized carbons (Fsp3) is 0.261. The number of rotatable bonds is 7. The Kier molecular flexibility index (Phi) is 6.11. The van der Waals surface area contributed by atoms with Crippen molar-refractivity contribution in [2.75, 3.05) is 46.3 Å². The van der Waals surface area contributed by atoms with Gasteiger partial charge in [0, 0.05) is 18.5 Å². The van der Waals surface area contributed by atoms with Crippen molar-refractivity contribution in [3.05, 3.63) is 58.4 Å². The first kappa shape index (κ1) is 21.8. The van der Waals surface area contributed by atoms with Gasteiger partial charge in [-0.25, -0.2) is 9.78 Å². The highest BCUT2D eigenvalue weighted by molar-refractivity contribution is 7.22. The largest absolute Gasteiger partial charge is 0.495 e. The van der Waals surface area contributed by atoms with Crippen LogP contribution >= 0.6 is 11.3 Å². The molecule has 2 aromatic heterocycles. The van der Waals surface area contributed by atoms with Crippen molar-refractivity contribution in [2.45, 2.75) is 0 Å². The first-order valence-corrected chi connectivity index (χ1v) is 10.8. The van der Waals surface area contributed by atoms with Gasteiger partial charge in [-0.05, 0) is 38.4 Å². The molecule has 4 aromatic rings. The Hall–Kier alpha value is -3.43.